The maximum Gasteiger partial charge on any atom is 0.261 e. The number of hydrogen-bond donors (Lipinski definition) is 2. The number of carbonyl (C=O) groups excluding carboxylic acids is 1. The molecule has 0 fully saturated rings. The van der Waals surface area contributed by atoms with Crippen molar-refractivity contribution in [2.45, 2.75) is 32.7 Å². The number of fused-ring (bicyclic) bond motifs is 2. The van der Waals surface area contributed by atoms with Gasteiger partial charge in [-0.1, -0.05) is 13.0 Å². The summed E-state index contributed by atoms with van der Waals surface area (Å²) in [6.45, 7) is 2.73. The van der Waals surface area contributed by atoms with Gasteiger partial charge in [-0.25, -0.2) is 0 Å². The highest BCUT2D eigenvalue weighted by Crippen LogP contribution is 2.32. The van der Waals surface area contributed by atoms with Crippen molar-refractivity contribution in [3.05, 3.63) is 57.0 Å². The van der Waals surface area contributed by atoms with Gasteiger partial charge in [0.1, 0.15) is 5.56 Å². The van der Waals surface area contributed by atoms with E-state index >= 15 is 0 Å². The van der Waals surface area contributed by atoms with Crippen molar-refractivity contribution in [1.29, 1.82) is 0 Å². The van der Waals surface area contributed by atoms with Crippen molar-refractivity contribution < 1.29 is 14.3 Å². The molecule has 1 aliphatic heterocycles. The number of aryl methyl sites for hydroxylation is 1. The second kappa shape index (κ2) is 6.27. The Balaban J connectivity index is 1.49. The van der Waals surface area contributed by atoms with E-state index < -0.39 is 0 Å². The molecule has 0 bridgehead atoms. The summed E-state index contributed by atoms with van der Waals surface area (Å²) in [6, 6.07) is 7.27. The molecule has 6 heteroatoms. The average molecular weight is 340 g/mol. The van der Waals surface area contributed by atoms with Crippen LogP contribution in [0, 0.1) is 5.92 Å². The third-order valence-corrected chi connectivity index (χ3v) is 4.81. The van der Waals surface area contributed by atoms with Crippen LogP contribution < -0.4 is 20.3 Å². The topological polar surface area (TPSA) is 80.4 Å². The lowest BCUT2D eigenvalue weighted by molar-refractivity contribution is 0.0949. The van der Waals surface area contributed by atoms with Gasteiger partial charge in [0.15, 0.2) is 11.5 Å². The van der Waals surface area contributed by atoms with E-state index in [-0.39, 0.29) is 23.8 Å². The minimum absolute atomic E-state index is 0.175. The summed E-state index contributed by atoms with van der Waals surface area (Å²) in [5.41, 5.74) is 2.78. The minimum atomic E-state index is -0.361. The molecule has 0 radical (unpaired) electrons. The first-order valence-electron chi connectivity index (χ1n) is 8.52. The van der Waals surface area contributed by atoms with E-state index in [0.717, 1.165) is 36.1 Å². The Morgan fingerprint density at radius 2 is 2.12 bits per heavy atom. The van der Waals surface area contributed by atoms with Gasteiger partial charge < -0.3 is 19.8 Å². The smallest absolute Gasteiger partial charge is 0.261 e. The van der Waals surface area contributed by atoms with Crippen LogP contribution in [0.15, 0.2) is 29.1 Å². The Morgan fingerprint density at radius 1 is 1.28 bits per heavy atom. The number of benzene rings is 1. The number of aromatic amines is 1. The third-order valence-electron chi connectivity index (χ3n) is 4.81. The fourth-order valence-electron chi connectivity index (χ4n) is 3.38. The van der Waals surface area contributed by atoms with E-state index in [1.807, 2.05) is 18.2 Å². The van der Waals surface area contributed by atoms with Crippen LogP contribution in [-0.2, 0) is 19.4 Å². The van der Waals surface area contributed by atoms with Gasteiger partial charge in [0, 0.05) is 12.2 Å². The maximum absolute atomic E-state index is 12.5. The number of hydrogen-bond acceptors (Lipinski definition) is 4. The molecule has 2 aliphatic rings. The molecule has 0 saturated carbocycles. The van der Waals surface area contributed by atoms with E-state index in [9.17, 15) is 9.59 Å². The fraction of sp³-hybridized carbons (Fsp3) is 0.368. The predicted molar refractivity (Wildman–Crippen MR) is 92.0 cm³/mol. The van der Waals surface area contributed by atoms with Crippen molar-refractivity contribution in [2.75, 3.05) is 6.79 Å². The molecular weight excluding hydrogens is 320 g/mol. The molecule has 130 valence electrons. The van der Waals surface area contributed by atoms with Crippen LogP contribution in [0.2, 0.25) is 0 Å². The molecule has 1 amide bonds. The standard InChI is InChI=1S/C19H20N2O4/c1-11-2-4-15-13(6-11)8-14(19(23)21-15)18(22)20-9-12-3-5-16-17(7-12)25-10-24-16/h3,5,7-8,11H,2,4,6,9-10H2,1H3,(H,20,22)(H,21,23). The summed E-state index contributed by atoms with van der Waals surface area (Å²) < 4.78 is 10.6. The number of nitrogens with one attached hydrogen (secondary N) is 2. The lowest BCUT2D eigenvalue weighted by Crippen LogP contribution is -2.31. The molecule has 6 nitrogen and oxygen atoms in total. The van der Waals surface area contributed by atoms with Gasteiger partial charge in [0.05, 0.1) is 0 Å². The van der Waals surface area contributed by atoms with E-state index in [1.54, 1.807) is 6.07 Å². The second-order valence-electron chi connectivity index (χ2n) is 6.73. The van der Waals surface area contributed by atoms with Crippen LogP contribution >= 0.6 is 0 Å². The molecule has 2 N–H and O–H groups in total. The largest absolute Gasteiger partial charge is 0.454 e. The van der Waals surface area contributed by atoms with Crippen LogP contribution in [0.5, 0.6) is 11.5 Å². The quantitative estimate of drug-likeness (QED) is 0.897. The highest BCUT2D eigenvalue weighted by Gasteiger charge is 2.20. The first-order chi connectivity index (χ1) is 12.1. The first-order valence-corrected chi connectivity index (χ1v) is 8.52. The molecule has 1 unspecified atom stereocenters. The average Bonchev–Trinajstić information content (AvgIpc) is 3.07. The summed E-state index contributed by atoms with van der Waals surface area (Å²) in [6.07, 6.45) is 2.83. The summed E-state index contributed by atoms with van der Waals surface area (Å²) in [7, 11) is 0. The van der Waals surface area contributed by atoms with E-state index in [1.165, 1.54) is 0 Å². The van der Waals surface area contributed by atoms with Crippen molar-refractivity contribution in [2.24, 2.45) is 5.92 Å². The van der Waals surface area contributed by atoms with Crippen LogP contribution in [0.3, 0.4) is 0 Å². The van der Waals surface area contributed by atoms with Crippen LogP contribution in [0.25, 0.3) is 0 Å². The Labute approximate surface area is 145 Å². The molecule has 4 rings (SSSR count). The lowest BCUT2D eigenvalue weighted by Gasteiger charge is -2.21. The highest BCUT2D eigenvalue weighted by atomic mass is 16.7. The molecule has 1 aromatic carbocycles. The number of H-pyrrole nitrogens is 1. The molecule has 25 heavy (non-hydrogen) atoms. The number of ether oxygens (including phenoxy) is 2. The zero-order chi connectivity index (χ0) is 17.4. The summed E-state index contributed by atoms with van der Waals surface area (Å²) >= 11 is 0. The molecule has 0 spiro atoms. The normalized spacial score (nSPS) is 17.9. The first kappa shape index (κ1) is 15.7. The Morgan fingerprint density at radius 3 is 3.00 bits per heavy atom. The fourth-order valence-corrected chi connectivity index (χ4v) is 3.38. The molecule has 1 aliphatic carbocycles. The van der Waals surface area contributed by atoms with E-state index in [2.05, 4.69) is 17.2 Å². The summed E-state index contributed by atoms with van der Waals surface area (Å²) in [5, 5.41) is 2.81. The Kier molecular flexibility index (Phi) is 3.95. The minimum Gasteiger partial charge on any atom is -0.454 e. The summed E-state index contributed by atoms with van der Waals surface area (Å²) in [5.74, 6) is 1.59. The molecule has 1 atom stereocenters. The third kappa shape index (κ3) is 3.12. The highest BCUT2D eigenvalue weighted by molar-refractivity contribution is 5.94. The van der Waals surface area contributed by atoms with Crippen molar-refractivity contribution >= 4 is 5.91 Å². The zero-order valence-electron chi connectivity index (χ0n) is 14.1. The number of aromatic nitrogens is 1. The number of carbonyl (C=O) groups is 1. The Hall–Kier alpha value is -2.76. The van der Waals surface area contributed by atoms with Gasteiger partial charge in [0.25, 0.3) is 11.5 Å². The number of amides is 1. The van der Waals surface area contributed by atoms with Crippen molar-refractivity contribution in [1.82, 2.24) is 10.3 Å². The summed E-state index contributed by atoms with van der Waals surface area (Å²) in [4.78, 5) is 27.6. The van der Waals surface area contributed by atoms with Gasteiger partial charge in [-0.3, -0.25) is 9.59 Å². The van der Waals surface area contributed by atoms with Crippen LogP contribution in [0.1, 0.15) is 40.5 Å². The lowest BCUT2D eigenvalue weighted by atomic mass is 9.87. The zero-order valence-corrected chi connectivity index (χ0v) is 14.1. The number of rotatable bonds is 3. The van der Waals surface area contributed by atoms with Gasteiger partial charge in [0.2, 0.25) is 6.79 Å². The van der Waals surface area contributed by atoms with Crippen molar-refractivity contribution in [3.63, 3.8) is 0 Å². The van der Waals surface area contributed by atoms with Crippen LogP contribution in [-0.4, -0.2) is 17.7 Å². The molecule has 2 aromatic rings. The van der Waals surface area contributed by atoms with Crippen molar-refractivity contribution in [3.8, 4) is 11.5 Å². The number of pyridine rings is 1. The van der Waals surface area contributed by atoms with E-state index in [0.29, 0.717) is 24.0 Å². The van der Waals surface area contributed by atoms with Gasteiger partial charge in [-0.05, 0) is 54.5 Å². The molecule has 2 heterocycles. The molecular formula is C19H20N2O4. The second-order valence-corrected chi connectivity index (χ2v) is 6.73. The predicted octanol–water partition coefficient (Wildman–Crippen LogP) is 2.16. The van der Waals surface area contributed by atoms with E-state index in [4.69, 9.17) is 9.47 Å². The monoisotopic (exact) mass is 340 g/mol. The SMILES string of the molecule is CC1CCc2[nH]c(=O)c(C(=O)NCc3ccc4c(c3)OCO4)cc2C1. The van der Waals surface area contributed by atoms with Gasteiger partial charge in [-0.2, -0.15) is 0 Å². The maximum atomic E-state index is 12.5. The van der Waals surface area contributed by atoms with Gasteiger partial charge in [-0.15, -0.1) is 0 Å². The molecule has 0 saturated heterocycles. The van der Waals surface area contributed by atoms with Crippen LogP contribution in [0.4, 0.5) is 0 Å². The van der Waals surface area contributed by atoms with Gasteiger partial charge >= 0.3 is 0 Å². The Bertz CT molecular complexity index is 887. The molecule has 1 aromatic heterocycles.